The Kier molecular flexibility index (Phi) is 4.19. The van der Waals surface area contributed by atoms with Gasteiger partial charge in [0, 0.05) is 13.1 Å². The SMILES string of the molecule is Cc1nnc2ccc(N3CC4CC(C3)N4C(=O)Cc3cccc(C(F)(F)F)c3)nn12. The van der Waals surface area contributed by atoms with Gasteiger partial charge in [-0.3, -0.25) is 4.79 Å². The Morgan fingerprint density at radius 3 is 2.63 bits per heavy atom. The lowest BCUT2D eigenvalue weighted by Crippen LogP contribution is -2.70. The number of fused-ring (bicyclic) bond motifs is 3. The number of aromatic nitrogens is 4. The fraction of sp³-hybridized carbons (Fsp3) is 0.400. The van der Waals surface area contributed by atoms with Gasteiger partial charge in [-0.05, 0) is 37.1 Å². The van der Waals surface area contributed by atoms with Crippen molar-refractivity contribution in [3.05, 3.63) is 53.3 Å². The van der Waals surface area contributed by atoms with Crippen LogP contribution in [0, 0.1) is 6.92 Å². The van der Waals surface area contributed by atoms with E-state index in [1.54, 1.807) is 10.6 Å². The quantitative estimate of drug-likeness (QED) is 0.656. The number of benzene rings is 1. The second-order valence-corrected chi connectivity index (χ2v) is 7.83. The minimum absolute atomic E-state index is 0.0268. The summed E-state index contributed by atoms with van der Waals surface area (Å²) in [5.74, 6) is 1.37. The highest BCUT2D eigenvalue weighted by Crippen LogP contribution is 2.35. The predicted molar refractivity (Wildman–Crippen MR) is 102 cm³/mol. The Hall–Kier alpha value is -3.17. The number of hydrogen-bond donors (Lipinski definition) is 0. The molecule has 5 heterocycles. The number of carbonyl (C=O) groups excluding carboxylic acids is 1. The van der Waals surface area contributed by atoms with E-state index in [-0.39, 0.29) is 24.4 Å². The number of carbonyl (C=O) groups is 1. The van der Waals surface area contributed by atoms with Crippen LogP contribution in [0.5, 0.6) is 0 Å². The molecule has 3 aromatic rings. The summed E-state index contributed by atoms with van der Waals surface area (Å²) in [6.07, 6.45) is -3.54. The molecule has 30 heavy (non-hydrogen) atoms. The van der Waals surface area contributed by atoms with E-state index in [9.17, 15) is 18.0 Å². The van der Waals surface area contributed by atoms with Gasteiger partial charge < -0.3 is 9.80 Å². The van der Waals surface area contributed by atoms with Crippen LogP contribution in [0.25, 0.3) is 5.65 Å². The van der Waals surface area contributed by atoms with Gasteiger partial charge in [0.25, 0.3) is 0 Å². The first-order valence-electron chi connectivity index (χ1n) is 9.71. The number of halogens is 3. The maximum atomic E-state index is 12.9. The molecule has 7 nitrogen and oxygen atoms in total. The summed E-state index contributed by atoms with van der Waals surface area (Å²) in [5, 5.41) is 12.6. The number of rotatable bonds is 3. The van der Waals surface area contributed by atoms with Crippen molar-refractivity contribution in [2.24, 2.45) is 0 Å². The van der Waals surface area contributed by atoms with Crippen LogP contribution < -0.4 is 4.90 Å². The molecule has 0 aliphatic carbocycles. The van der Waals surface area contributed by atoms with Crippen LogP contribution in [0.15, 0.2) is 36.4 Å². The summed E-state index contributed by atoms with van der Waals surface area (Å²) < 4.78 is 40.4. The van der Waals surface area contributed by atoms with E-state index >= 15 is 0 Å². The zero-order valence-corrected chi connectivity index (χ0v) is 16.2. The maximum absolute atomic E-state index is 12.9. The molecule has 0 N–H and O–H groups in total. The van der Waals surface area contributed by atoms with Crippen molar-refractivity contribution < 1.29 is 18.0 Å². The van der Waals surface area contributed by atoms with Crippen LogP contribution in [0.2, 0.25) is 0 Å². The molecule has 3 fully saturated rings. The van der Waals surface area contributed by atoms with Crippen molar-refractivity contribution >= 4 is 17.4 Å². The van der Waals surface area contributed by atoms with Crippen molar-refractivity contribution in [1.29, 1.82) is 0 Å². The molecule has 1 amide bonds. The van der Waals surface area contributed by atoms with Gasteiger partial charge >= 0.3 is 6.18 Å². The normalized spacial score (nSPS) is 21.1. The van der Waals surface area contributed by atoms with Gasteiger partial charge in [-0.1, -0.05) is 18.2 Å². The van der Waals surface area contributed by atoms with E-state index in [4.69, 9.17) is 0 Å². The fourth-order valence-corrected chi connectivity index (χ4v) is 4.38. The van der Waals surface area contributed by atoms with Crippen LogP contribution in [0.4, 0.5) is 19.0 Å². The average molecular weight is 416 g/mol. The molecule has 1 aromatic carbocycles. The second kappa shape index (κ2) is 6.68. The molecule has 3 aliphatic rings. The molecule has 156 valence electrons. The Morgan fingerprint density at radius 2 is 1.90 bits per heavy atom. The lowest BCUT2D eigenvalue weighted by Gasteiger charge is -2.56. The number of piperazine rings is 1. The number of aryl methyl sites for hydroxylation is 1. The second-order valence-electron chi connectivity index (χ2n) is 7.83. The first-order valence-corrected chi connectivity index (χ1v) is 9.71. The molecule has 2 aromatic heterocycles. The van der Waals surface area contributed by atoms with Crippen molar-refractivity contribution in [3.8, 4) is 0 Å². The number of anilines is 1. The molecule has 0 spiro atoms. The maximum Gasteiger partial charge on any atom is 0.416 e. The van der Waals surface area contributed by atoms with Gasteiger partial charge in [-0.2, -0.15) is 17.7 Å². The number of nitrogens with zero attached hydrogens (tertiary/aromatic N) is 6. The molecule has 2 atom stereocenters. The summed E-state index contributed by atoms with van der Waals surface area (Å²) in [6, 6.07) is 8.82. The van der Waals surface area contributed by atoms with E-state index < -0.39 is 11.7 Å². The van der Waals surface area contributed by atoms with Crippen LogP contribution in [-0.4, -0.2) is 55.8 Å². The average Bonchev–Trinajstić information content (AvgIpc) is 3.08. The zero-order valence-electron chi connectivity index (χ0n) is 16.2. The van der Waals surface area contributed by atoms with Crippen LogP contribution >= 0.6 is 0 Å². The van der Waals surface area contributed by atoms with Crippen LogP contribution in [0.3, 0.4) is 0 Å². The highest BCUT2D eigenvalue weighted by atomic mass is 19.4. The summed E-state index contributed by atoms with van der Waals surface area (Å²) in [6.45, 7) is 3.12. The molecule has 0 radical (unpaired) electrons. The molecule has 10 heteroatoms. The van der Waals surface area contributed by atoms with Gasteiger partial charge in [0.05, 0.1) is 24.1 Å². The summed E-state index contributed by atoms with van der Waals surface area (Å²) in [4.78, 5) is 16.7. The van der Waals surface area contributed by atoms with Gasteiger partial charge in [-0.15, -0.1) is 15.3 Å². The Morgan fingerprint density at radius 1 is 1.13 bits per heavy atom. The van der Waals surface area contributed by atoms with Crippen molar-refractivity contribution in [1.82, 2.24) is 24.7 Å². The molecule has 0 saturated carbocycles. The Balaban J connectivity index is 1.28. The van der Waals surface area contributed by atoms with Crippen LogP contribution in [0.1, 0.15) is 23.4 Å². The molecular weight excluding hydrogens is 397 g/mol. The minimum Gasteiger partial charge on any atom is -0.351 e. The first kappa shape index (κ1) is 18.8. The fourth-order valence-electron chi connectivity index (χ4n) is 4.38. The monoisotopic (exact) mass is 416 g/mol. The van der Waals surface area contributed by atoms with E-state index in [0.717, 1.165) is 24.4 Å². The Bertz CT molecular complexity index is 1120. The van der Waals surface area contributed by atoms with Gasteiger partial charge in [0.15, 0.2) is 11.5 Å². The molecule has 3 saturated heterocycles. The topological polar surface area (TPSA) is 66.6 Å². The molecule has 3 aliphatic heterocycles. The van der Waals surface area contributed by atoms with Gasteiger partial charge in [0.2, 0.25) is 5.91 Å². The lowest BCUT2D eigenvalue weighted by atomic mass is 9.86. The largest absolute Gasteiger partial charge is 0.416 e. The number of piperidine rings is 1. The molecule has 6 rings (SSSR count). The summed E-state index contributed by atoms with van der Waals surface area (Å²) in [7, 11) is 0. The summed E-state index contributed by atoms with van der Waals surface area (Å²) >= 11 is 0. The third-order valence-electron chi connectivity index (χ3n) is 5.82. The predicted octanol–water partition coefficient (Wildman–Crippen LogP) is 2.48. The van der Waals surface area contributed by atoms with Crippen molar-refractivity contribution in [3.63, 3.8) is 0 Å². The standard InChI is InChI=1S/C20H19F3N6O/c1-12-24-25-17-5-6-18(26-29(12)17)27-10-15-9-16(11-27)28(15)19(30)8-13-3-2-4-14(7-13)20(21,22)23/h2-7,15-16H,8-11H2,1H3. The van der Waals surface area contributed by atoms with Gasteiger partial charge in [0.1, 0.15) is 5.82 Å². The molecule has 2 unspecified atom stereocenters. The number of hydrogen-bond acceptors (Lipinski definition) is 5. The third-order valence-corrected chi connectivity index (χ3v) is 5.82. The van der Waals surface area contributed by atoms with E-state index in [2.05, 4.69) is 20.2 Å². The van der Waals surface area contributed by atoms with Crippen molar-refractivity contribution in [2.45, 2.75) is 38.0 Å². The Labute approximate surface area is 170 Å². The minimum atomic E-state index is -4.41. The third kappa shape index (κ3) is 3.16. The molecule has 2 bridgehead atoms. The van der Waals surface area contributed by atoms with Crippen LogP contribution in [-0.2, 0) is 17.4 Å². The highest BCUT2D eigenvalue weighted by Gasteiger charge is 2.47. The van der Waals surface area contributed by atoms with E-state index in [1.165, 1.54) is 6.07 Å². The highest BCUT2D eigenvalue weighted by molar-refractivity contribution is 5.81. The smallest absolute Gasteiger partial charge is 0.351 e. The zero-order chi connectivity index (χ0) is 21.0. The molecular formula is C20H19F3N6O. The number of amides is 1. The summed E-state index contributed by atoms with van der Waals surface area (Å²) in [5.41, 5.74) is 0.330. The number of alkyl halides is 3. The van der Waals surface area contributed by atoms with E-state index in [1.807, 2.05) is 24.0 Å². The van der Waals surface area contributed by atoms with E-state index in [0.29, 0.717) is 30.1 Å². The lowest BCUT2D eigenvalue weighted by molar-refractivity contribution is -0.145. The van der Waals surface area contributed by atoms with Gasteiger partial charge in [-0.25, -0.2) is 0 Å². The first-order chi connectivity index (χ1) is 14.3. The van der Waals surface area contributed by atoms with Crippen molar-refractivity contribution in [2.75, 3.05) is 18.0 Å².